The van der Waals surface area contributed by atoms with Gasteiger partial charge in [0.1, 0.15) is 23.2 Å². The Morgan fingerprint density at radius 2 is 2.10 bits per heavy atom. The molecule has 104 valence electrons. The van der Waals surface area contributed by atoms with Crippen LogP contribution in [0.1, 0.15) is 5.56 Å². The van der Waals surface area contributed by atoms with Gasteiger partial charge in [0.25, 0.3) is 0 Å². The van der Waals surface area contributed by atoms with Crippen molar-refractivity contribution < 1.29 is 17.9 Å². The average Bonchev–Trinajstić information content (AvgIpc) is 2.69. The second kappa shape index (κ2) is 4.94. The lowest BCUT2D eigenvalue weighted by atomic mass is 10.3. The van der Waals surface area contributed by atoms with Gasteiger partial charge in [-0.15, -0.1) is 13.2 Å². The standard InChI is InChI=1S/C11H6ClF3N4O/c12-8-3-7(20-11(13,14)15)1-2-9(8)19-10(17)6(4-16)5-18-19/h1-3,5H,17H2. The van der Waals surface area contributed by atoms with E-state index in [0.717, 1.165) is 16.8 Å². The molecule has 0 unspecified atom stereocenters. The number of nitriles is 1. The van der Waals surface area contributed by atoms with Crippen molar-refractivity contribution in [3.05, 3.63) is 35.0 Å². The van der Waals surface area contributed by atoms with Gasteiger partial charge >= 0.3 is 6.36 Å². The van der Waals surface area contributed by atoms with Crippen LogP contribution in [0.25, 0.3) is 5.69 Å². The zero-order valence-electron chi connectivity index (χ0n) is 9.65. The van der Waals surface area contributed by atoms with Gasteiger partial charge in [-0.3, -0.25) is 0 Å². The van der Waals surface area contributed by atoms with Crippen molar-refractivity contribution in [2.24, 2.45) is 0 Å². The number of nitrogens with zero attached hydrogens (tertiary/aromatic N) is 3. The van der Waals surface area contributed by atoms with E-state index in [-0.39, 0.29) is 22.1 Å². The predicted octanol–water partition coefficient (Wildman–Crippen LogP) is 2.88. The fourth-order valence-corrected chi connectivity index (χ4v) is 1.74. The molecule has 20 heavy (non-hydrogen) atoms. The molecule has 1 aromatic carbocycles. The lowest BCUT2D eigenvalue weighted by molar-refractivity contribution is -0.274. The Morgan fingerprint density at radius 1 is 1.40 bits per heavy atom. The number of nitrogens with two attached hydrogens (primary N) is 1. The minimum absolute atomic E-state index is 0.0406. The average molecular weight is 303 g/mol. The van der Waals surface area contributed by atoms with Crippen LogP contribution in [0.2, 0.25) is 5.02 Å². The monoisotopic (exact) mass is 302 g/mol. The number of aromatic nitrogens is 2. The molecular formula is C11H6ClF3N4O. The van der Waals surface area contributed by atoms with E-state index in [1.807, 2.05) is 6.07 Å². The summed E-state index contributed by atoms with van der Waals surface area (Å²) in [7, 11) is 0. The summed E-state index contributed by atoms with van der Waals surface area (Å²) in [4.78, 5) is 0. The molecule has 0 saturated heterocycles. The molecule has 0 bridgehead atoms. The molecule has 2 rings (SSSR count). The minimum Gasteiger partial charge on any atom is -0.406 e. The Morgan fingerprint density at radius 3 is 2.60 bits per heavy atom. The number of nitrogen functional groups attached to an aromatic ring is 1. The van der Waals surface area contributed by atoms with Crippen LogP contribution in [0, 0.1) is 11.3 Å². The second-order valence-corrected chi connectivity index (χ2v) is 4.04. The van der Waals surface area contributed by atoms with E-state index in [2.05, 4.69) is 9.84 Å². The lowest BCUT2D eigenvalue weighted by Gasteiger charge is -2.11. The van der Waals surface area contributed by atoms with Crippen LogP contribution in [-0.4, -0.2) is 16.1 Å². The van der Waals surface area contributed by atoms with Crippen molar-refractivity contribution in [2.45, 2.75) is 6.36 Å². The van der Waals surface area contributed by atoms with E-state index < -0.39 is 12.1 Å². The summed E-state index contributed by atoms with van der Waals surface area (Å²) in [5, 5.41) is 12.6. The highest BCUT2D eigenvalue weighted by Crippen LogP contribution is 2.30. The van der Waals surface area contributed by atoms with Crippen molar-refractivity contribution in [2.75, 3.05) is 5.73 Å². The highest BCUT2D eigenvalue weighted by Gasteiger charge is 2.31. The molecule has 0 fully saturated rings. The third-order valence-corrected chi connectivity index (χ3v) is 2.61. The number of ether oxygens (including phenoxy) is 1. The number of hydrogen-bond acceptors (Lipinski definition) is 4. The van der Waals surface area contributed by atoms with Crippen molar-refractivity contribution in [1.29, 1.82) is 5.26 Å². The number of anilines is 1. The van der Waals surface area contributed by atoms with Gasteiger partial charge < -0.3 is 10.5 Å². The molecule has 0 spiro atoms. The van der Waals surface area contributed by atoms with Crippen LogP contribution in [0.4, 0.5) is 19.0 Å². The zero-order chi connectivity index (χ0) is 14.9. The van der Waals surface area contributed by atoms with E-state index in [0.29, 0.717) is 0 Å². The molecule has 0 saturated carbocycles. The lowest BCUT2D eigenvalue weighted by Crippen LogP contribution is -2.17. The molecule has 0 aliphatic rings. The molecule has 0 aliphatic carbocycles. The molecule has 1 aromatic heterocycles. The van der Waals surface area contributed by atoms with E-state index in [4.69, 9.17) is 22.6 Å². The normalized spacial score (nSPS) is 11.2. The first-order valence-electron chi connectivity index (χ1n) is 5.11. The first kappa shape index (κ1) is 14.0. The summed E-state index contributed by atoms with van der Waals surface area (Å²) >= 11 is 5.87. The second-order valence-electron chi connectivity index (χ2n) is 3.63. The summed E-state index contributed by atoms with van der Waals surface area (Å²) in [6.45, 7) is 0. The molecule has 2 aromatic rings. The highest BCUT2D eigenvalue weighted by atomic mass is 35.5. The van der Waals surface area contributed by atoms with Crippen LogP contribution < -0.4 is 10.5 Å². The molecule has 1 heterocycles. The fourth-order valence-electron chi connectivity index (χ4n) is 1.49. The van der Waals surface area contributed by atoms with Gasteiger partial charge in [0.05, 0.1) is 16.9 Å². The molecule has 2 N–H and O–H groups in total. The molecule has 0 radical (unpaired) electrons. The summed E-state index contributed by atoms with van der Waals surface area (Å²) < 4.78 is 41.1. The highest BCUT2D eigenvalue weighted by molar-refractivity contribution is 6.32. The molecule has 0 amide bonds. The predicted molar refractivity (Wildman–Crippen MR) is 64.4 cm³/mol. The van der Waals surface area contributed by atoms with E-state index in [1.54, 1.807) is 0 Å². The van der Waals surface area contributed by atoms with Crippen LogP contribution in [0.3, 0.4) is 0 Å². The van der Waals surface area contributed by atoms with E-state index in [9.17, 15) is 13.2 Å². The molecule has 0 atom stereocenters. The van der Waals surface area contributed by atoms with Gasteiger partial charge in [0.15, 0.2) is 0 Å². The Balaban J connectivity index is 2.40. The quantitative estimate of drug-likeness (QED) is 0.925. The number of rotatable bonds is 2. The Hall–Kier alpha value is -2.40. The van der Waals surface area contributed by atoms with Crippen LogP contribution >= 0.6 is 11.6 Å². The van der Waals surface area contributed by atoms with Gasteiger partial charge in [-0.2, -0.15) is 10.4 Å². The first-order valence-corrected chi connectivity index (χ1v) is 5.49. The minimum atomic E-state index is -4.80. The number of benzene rings is 1. The van der Waals surface area contributed by atoms with Gasteiger partial charge in [-0.1, -0.05) is 11.6 Å². The zero-order valence-corrected chi connectivity index (χ0v) is 10.4. The number of hydrogen-bond donors (Lipinski definition) is 1. The Kier molecular flexibility index (Phi) is 3.46. The van der Waals surface area contributed by atoms with Crippen LogP contribution in [-0.2, 0) is 0 Å². The van der Waals surface area contributed by atoms with E-state index in [1.165, 1.54) is 12.3 Å². The number of alkyl halides is 3. The summed E-state index contributed by atoms with van der Waals surface area (Å²) in [6, 6.07) is 5.14. The van der Waals surface area contributed by atoms with Gasteiger partial charge in [-0.05, 0) is 12.1 Å². The number of halogens is 4. The molecular weight excluding hydrogens is 297 g/mol. The summed E-state index contributed by atoms with van der Waals surface area (Å²) in [5.74, 6) is -0.420. The van der Waals surface area contributed by atoms with Crippen LogP contribution in [0.5, 0.6) is 5.75 Å². The van der Waals surface area contributed by atoms with Gasteiger partial charge in [0, 0.05) is 6.07 Å². The molecule has 5 nitrogen and oxygen atoms in total. The Bertz CT molecular complexity index is 690. The Labute approximate surface area is 115 Å². The van der Waals surface area contributed by atoms with Crippen LogP contribution in [0.15, 0.2) is 24.4 Å². The maximum absolute atomic E-state index is 12.1. The third kappa shape index (κ3) is 2.78. The molecule has 9 heteroatoms. The van der Waals surface area contributed by atoms with Gasteiger partial charge in [0.2, 0.25) is 0 Å². The largest absolute Gasteiger partial charge is 0.573 e. The van der Waals surface area contributed by atoms with E-state index >= 15 is 0 Å². The van der Waals surface area contributed by atoms with Gasteiger partial charge in [-0.25, -0.2) is 4.68 Å². The maximum atomic E-state index is 12.1. The van der Waals surface area contributed by atoms with Crippen molar-refractivity contribution >= 4 is 17.4 Å². The summed E-state index contributed by atoms with van der Waals surface area (Å²) in [5.41, 5.74) is 6.03. The van der Waals surface area contributed by atoms with Crippen molar-refractivity contribution in [3.8, 4) is 17.5 Å². The van der Waals surface area contributed by atoms with Crippen molar-refractivity contribution in [3.63, 3.8) is 0 Å². The first-order chi connectivity index (χ1) is 9.31. The topological polar surface area (TPSA) is 76.9 Å². The molecule has 0 aliphatic heterocycles. The summed E-state index contributed by atoms with van der Waals surface area (Å²) in [6.07, 6.45) is -3.57. The fraction of sp³-hybridized carbons (Fsp3) is 0.0909. The SMILES string of the molecule is N#Cc1cnn(-c2ccc(OC(F)(F)F)cc2Cl)c1N. The maximum Gasteiger partial charge on any atom is 0.573 e. The third-order valence-electron chi connectivity index (χ3n) is 2.31. The van der Waals surface area contributed by atoms with Crippen molar-refractivity contribution in [1.82, 2.24) is 9.78 Å². The smallest absolute Gasteiger partial charge is 0.406 e.